The van der Waals surface area contributed by atoms with E-state index in [1.807, 2.05) is 19.1 Å². The topological polar surface area (TPSA) is 45.6 Å². The summed E-state index contributed by atoms with van der Waals surface area (Å²) in [7, 11) is 0. The van der Waals surface area contributed by atoms with Crippen molar-refractivity contribution in [3.05, 3.63) is 23.4 Å². The van der Waals surface area contributed by atoms with Crippen molar-refractivity contribution in [1.29, 1.82) is 0 Å². The summed E-state index contributed by atoms with van der Waals surface area (Å²) in [5.74, 6) is 0.612. The van der Waals surface area contributed by atoms with Crippen LogP contribution in [0.3, 0.4) is 0 Å². The molecule has 1 aromatic heterocycles. The third kappa shape index (κ3) is 5.10. The Kier molecular flexibility index (Phi) is 6.96. The third-order valence-electron chi connectivity index (χ3n) is 3.39. The molecule has 0 fully saturated rings. The van der Waals surface area contributed by atoms with E-state index in [0.717, 1.165) is 24.2 Å². The lowest BCUT2D eigenvalue weighted by Crippen LogP contribution is -2.39. The molecule has 0 aliphatic heterocycles. The molecule has 0 aliphatic carbocycles. The van der Waals surface area contributed by atoms with Crippen molar-refractivity contribution < 1.29 is 9.84 Å². The van der Waals surface area contributed by atoms with Crippen LogP contribution in [0.1, 0.15) is 45.9 Å². The molecule has 0 amide bonds. The second-order valence-electron chi connectivity index (χ2n) is 5.59. The molecule has 114 valence electrons. The Bertz CT molecular complexity index is 375. The molecule has 4 nitrogen and oxygen atoms in total. The minimum Gasteiger partial charge on any atom is -0.476 e. The number of pyridine rings is 1. The van der Waals surface area contributed by atoms with Gasteiger partial charge in [-0.25, -0.2) is 4.98 Å². The molecule has 4 heteroatoms. The van der Waals surface area contributed by atoms with Gasteiger partial charge in [-0.2, -0.15) is 0 Å². The largest absolute Gasteiger partial charge is 0.476 e. The van der Waals surface area contributed by atoms with E-state index >= 15 is 0 Å². The van der Waals surface area contributed by atoms with Gasteiger partial charge in [-0.3, -0.25) is 4.90 Å². The molecule has 0 aliphatic rings. The van der Waals surface area contributed by atoms with E-state index in [1.54, 1.807) is 0 Å². The van der Waals surface area contributed by atoms with Gasteiger partial charge < -0.3 is 9.84 Å². The van der Waals surface area contributed by atoms with Gasteiger partial charge in [0.05, 0.1) is 6.61 Å². The Morgan fingerprint density at radius 2 is 1.85 bits per heavy atom. The summed E-state index contributed by atoms with van der Waals surface area (Å²) in [6, 6.07) is 4.73. The first-order valence-corrected chi connectivity index (χ1v) is 7.47. The summed E-state index contributed by atoms with van der Waals surface area (Å²) in [6.07, 6.45) is 0.842. The van der Waals surface area contributed by atoms with E-state index in [9.17, 15) is 5.11 Å². The Hall–Kier alpha value is -1.13. The van der Waals surface area contributed by atoms with E-state index in [4.69, 9.17) is 4.74 Å². The van der Waals surface area contributed by atoms with Crippen LogP contribution < -0.4 is 4.74 Å². The van der Waals surface area contributed by atoms with E-state index in [1.165, 1.54) is 0 Å². The maximum atomic E-state index is 9.25. The van der Waals surface area contributed by atoms with E-state index in [2.05, 4.69) is 37.6 Å². The van der Waals surface area contributed by atoms with Crippen LogP contribution in [-0.4, -0.2) is 40.2 Å². The molecule has 0 spiro atoms. The van der Waals surface area contributed by atoms with E-state index in [-0.39, 0.29) is 6.61 Å². The minimum atomic E-state index is 0.0238. The van der Waals surface area contributed by atoms with Gasteiger partial charge >= 0.3 is 0 Å². The SMILES string of the molecule is CCc1cc(CO)cc(OCCN(C(C)C)C(C)C)n1. The number of aliphatic hydroxyl groups excluding tert-OH is 1. The molecule has 0 aromatic carbocycles. The smallest absolute Gasteiger partial charge is 0.213 e. The Labute approximate surface area is 122 Å². The summed E-state index contributed by atoms with van der Waals surface area (Å²) in [5.41, 5.74) is 1.81. The molecule has 0 saturated carbocycles. The van der Waals surface area contributed by atoms with Gasteiger partial charge in [-0.1, -0.05) is 6.92 Å². The van der Waals surface area contributed by atoms with Crippen molar-refractivity contribution in [2.75, 3.05) is 13.2 Å². The number of rotatable bonds is 8. The van der Waals surface area contributed by atoms with Gasteiger partial charge in [-0.05, 0) is 45.7 Å². The van der Waals surface area contributed by atoms with Gasteiger partial charge in [0.1, 0.15) is 6.61 Å². The molecular weight excluding hydrogens is 252 g/mol. The molecule has 1 N–H and O–H groups in total. The summed E-state index contributed by atoms with van der Waals surface area (Å²) < 4.78 is 5.76. The average molecular weight is 280 g/mol. The summed E-state index contributed by atoms with van der Waals surface area (Å²) in [5, 5.41) is 9.25. The fraction of sp³-hybridized carbons (Fsp3) is 0.688. The van der Waals surface area contributed by atoms with Gasteiger partial charge in [-0.15, -0.1) is 0 Å². The second kappa shape index (κ2) is 8.22. The summed E-state index contributed by atoms with van der Waals surface area (Å²) in [6.45, 7) is 12.3. The predicted octanol–water partition coefficient (Wildman–Crippen LogP) is 2.63. The first kappa shape index (κ1) is 16.9. The van der Waals surface area contributed by atoms with E-state index in [0.29, 0.717) is 24.6 Å². The number of hydrogen-bond acceptors (Lipinski definition) is 4. The van der Waals surface area contributed by atoms with Crippen LogP contribution in [0.4, 0.5) is 0 Å². The number of aliphatic hydroxyl groups is 1. The van der Waals surface area contributed by atoms with Gasteiger partial charge in [0, 0.05) is 30.4 Å². The first-order chi connectivity index (χ1) is 9.47. The van der Waals surface area contributed by atoms with Gasteiger partial charge in [0.25, 0.3) is 0 Å². The Morgan fingerprint density at radius 1 is 1.20 bits per heavy atom. The number of aryl methyl sites for hydroxylation is 1. The zero-order chi connectivity index (χ0) is 15.1. The van der Waals surface area contributed by atoms with Crippen LogP contribution in [0.25, 0.3) is 0 Å². The van der Waals surface area contributed by atoms with Crippen LogP contribution in [0.15, 0.2) is 12.1 Å². The highest BCUT2D eigenvalue weighted by Gasteiger charge is 2.13. The normalized spacial score (nSPS) is 11.7. The fourth-order valence-electron chi connectivity index (χ4n) is 2.34. The first-order valence-electron chi connectivity index (χ1n) is 7.47. The summed E-state index contributed by atoms with van der Waals surface area (Å²) >= 11 is 0. The molecule has 20 heavy (non-hydrogen) atoms. The fourth-order valence-corrected chi connectivity index (χ4v) is 2.34. The maximum absolute atomic E-state index is 9.25. The zero-order valence-corrected chi connectivity index (χ0v) is 13.4. The average Bonchev–Trinajstić information content (AvgIpc) is 2.42. The van der Waals surface area contributed by atoms with Crippen LogP contribution in [0.2, 0.25) is 0 Å². The third-order valence-corrected chi connectivity index (χ3v) is 3.39. The van der Waals surface area contributed by atoms with Crippen LogP contribution in [0, 0.1) is 0 Å². The lowest BCUT2D eigenvalue weighted by atomic mass is 10.2. The molecule has 1 heterocycles. The van der Waals surface area contributed by atoms with Crippen molar-refractivity contribution in [1.82, 2.24) is 9.88 Å². The monoisotopic (exact) mass is 280 g/mol. The highest BCUT2D eigenvalue weighted by Crippen LogP contribution is 2.14. The lowest BCUT2D eigenvalue weighted by Gasteiger charge is -2.30. The number of hydrogen-bond donors (Lipinski definition) is 1. The number of aromatic nitrogens is 1. The molecule has 0 radical (unpaired) electrons. The van der Waals surface area contributed by atoms with Gasteiger partial charge in [0.15, 0.2) is 0 Å². The Balaban J connectivity index is 2.61. The molecule has 0 atom stereocenters. The van der Waals surface area contributed by atoms with Crippen molar-refractivity contribution >= 4 is 0 Å². The molecule has 1 rings (SSSR count). The van der Waals surface area contributed by atoms with E-state index < -0.39 is 0 Å². The van der Waals surface area contributed by atoms with Crippen molar-refractivity contribution in [3.8, 4) is 5.88 Å². The molecular formula is C16H28N2O2. The predicted molar refractivity (Wildman–Crippen MR) is 82.0 cm³/mol. The number of ether oxygens (including phenoxy) is 1. The lowest BCUT2D eigenvalue weighted by molar-refractivity contribution is 0.140. The van der Waals surface area contributed by atoms with Crippen molar-refractivity contribution in [2.24, 2.45) is 0 Å². The highest BCUT2D eigenvalue weighted by atomic mass is 16.5. The molecule has 0 bridgehead atoms. The zero-order valence-electron chi connectivity index (χ0n) is 13.4. The maximum Gasteiger partial charge on any atom is 0.213 e. The van der Waals surface area contributed by atoms with Crippen LogP contribution in [0.5, 0.6) is 5.88 Å². The molecule has 0 saturated heterocycles. The standard InChI is InChI=1S/C16H28N2O2/c1-6-15-9-14(11-19)10-16(17-15)20-8-7-18(12(2)3)13(4)5/h9-10,12-13,19H,6-8,11H2,1-5H3. The Morgan fingerprint density at radius 3 is 2.35 bits per heavy atom. The minimum absolute atomic E-state index is 0.0238. The van der Waals surface area contributed by atoms with Crippen LogP contribution in [-0.2, 0) is 13.0 Å². The van der Waals surface area contributed by atoms with Crippen molar-refractivity contribution in [2.45, 2.75) is 59.7 Å². The molecule has 0 unspecified atom stereocenters. The van der Waals surface area contributed by atoms with Gasteiger partial charge in [0.2, 0.25) is 5.88 Å². The second-order valence-corrected chi connectivity index (χ2v) is 5.59. The quantitative estimate of drug-likeness (QED) is 0.795. The van der Waals surface area contributed by atoms with Crippen LogP contribution >= 0.6 is 0 Å². The molecule has 1 aromatic rings. The van der Waals surface area contributed by atoms with Crippen molar-refractivity contribution in [3.63, 3.8) is 0 Å². The highest BCUT2D eigenvalue weighted by molar-refractivity contribution is 5.24. The number of nitrogens with zero attached hydrogens (tertiary/aromatic N) is 2. The summed E-state index contributed by atoms with van der Waals surface area (Å²) in [4.78, 5) is 6.82.